The Morgan fingerprint density at radius 1 is 1.18 bits per heavy atom. The van der Waals surface area contributed by atoms with Gasteiger partial charge >= 0.3 is 5.97 Å². The van der Waals surface area contributed by atoms with E-state index < -0.39 is 27.8 Å². The fraction of sp³-hybridized carbons (Fsp3) is 0.368. The summed E-state index contributed by atoms with van der Waals surface area (Å²) in [7, 11) is -3.00. The molecule has 2 aromatic rings. The van der Waals surface area contributed by atoms with E-state index in [1.807, 2.05) is 0 Å². The summed E-state index contributed by atoms with van der Waals surface area (Å²) < 4.78 is 33.2. The van der Waals surface area contributed by atoms with Gasteiger partial charge in [0.1, 0.15) is 27.4 Å². The summed E-state index contributed by atoms with van der Waals surface area (Å²) in [5.41, 5.74) is 0.716. The molecule has 1 aromatic carbocycles. The molecular weight excluding hydrogens is 386 g/mol. The molecule has 2 N–H and O–H groups in total. The van der Waals surface area contributed by atoms with E-state index in [4.69, 9.17) is 14.3 Å². The van der Waals surface area contributed by atoms with E-state index in [1.54, 1.807) is 37.3 Å². The standard InChI is InChI=1S/C19H23NO7S/c1-3-15(19(22)23)20-18(21)17-10-9-16(27-17)13-5-7-14(8-6-13)26-11-4-12-28(2,24)25/h5-10,15H,3-4,11-12H2,1-2H3,(H,20,21)(H,22,23)/t15-/m0/s1. The molecule has 8 nitrogen and oxygen atoms in total. The maximum Gasteiger partial charge on any atom is 0.326 e. The van der Waals surface area contributed by atoms with Crippen molar-refractivity contribution in [2.45, 2.75) is 25.8 Å². The molecule has 0 aliphatic rings. The lowest BCUT2D eigenvalue weighted by molar-refractivity contribution is -0.139. The molecule has 152 valence electrons. The van der Waals surface area contributed by atoms with Crippen LogP contribution in [0.25, 0.3) is 11.3 Å². The number of amides is 1. The van der Waals surface area contributed by atoms with Crippen molar-refractivity contribution in [2.24, 2.45) is 0 Å². The number of aliphatic carboxylic acids is 1. The van der Waals surface area contributed by atoms with Gasteiger partial charge in [-0.25, -0.2) is 13.2 Å². The highest BCUT2D eigenvalue weighted by atomic mass is 32.2. The average molecular weight is 409 g/mol. The van der Waals surface area contributed by atoms with Crippen LogP contribution in [0.5, 0.6) is 5.75 Å². The summed E-state index contributed by atoms with van der Waals surface area (Å²) in [6.45, 7) is 1.96. The van der Waals surface area contributed by atoms with E-state index in [0.717, 1.165) is 0 Å². The topological polar surface area (TPSA) is 123 Å². The summed E-state index contributed by atoms with van der Waals surface area (Å²) in [5.74, 6) is -0.550. The van der Waals surface area contributed by atoms with Gasteiger partial charge in [0.05, 0.1) is 12.4 Å². The van der Waals surface area contributed by atoms with Crippen molar-refractivity contribution in [3.8, 4) is 17.1 Å². The molecule has 0 aliphatic carbocycles. The molecule has 0 saturated carbocycles. The van der Waals surface area contributed by atoms with Gasteiger partial charge < -0.3 is 19.6 Å². The number of carboxylic acid groups (broad SMARTS) is 1. The number of carboxylic acids is 1. The Labute approximate surface area is 163 Å². The molecule has 0 fully saturated rings. The maximum atomic E-state index is 12.1. The molecule has 2 rings (SSSR count). The van der Waals surface area contributed by atoms with Gasteiger partial charge in [0.15, 0.2) is 5.76 Å². The minimum atomic E-state index is -3.00. The minimum absolute atomic E-state index is 0.0239. The second kappa shape index (κ2) is 9.41. The van der Waals surface area contributed by atoms with Crippen molar-refractivity contribution >= 4 is 21.7 Å². The third kappa shape index (κ3) is 6.41. The number of rotatable bonds is 10. The van der Waals surface area contributed by atoms with E-state index >= 15 is 0 Å². The third-order valence-electron chi connectivity index (χ3n) is 3.91. The summed E-state index contributed by atoms with van der Waals surface area (Å²) in [6, 6.07) is 9.07. The number of sulfone groups is 1. The van der Waals surface area contributed by atoms with Crippen molar-refractivity contribution in [3.63, 3.8) is 0 Å². The Morgan fingerprint density at radius 3 is 2.43 bits per heavy atom. The first-order chi connectivity index (χ1) is 13.2. The Kier molecular flexibility index (Phi) is 7.22. The van der Waals surface area contributed by atoms with E-state index in [1.165, 1.54) is 12.3 Å². The van der Waals surface area contributed by atoms with Gasteiger partial charge in [-0.2, -0.15) is 0 Å². The molecule has 0 radical (unpaired) electrons. The van der Waals surface area contributed by atoms with Crippen LogP contribution in [0.15, 0.2) is 40.8 Å². The van der Waals surface area contributed by atoms with Crippen molar-refractivity contribution in [2.75, 3.05) is 18.6 Å². The van der Waals surface area contributed by atoms with Gasteiger partial charge in [-0.1, -0.05) is 6.92 Å². The van der Waals surface area contributed by atoms with Crippen molar-refractivity contribution in [1.82, 2.24) is 5.32 Å². The number of benzene rings is 1. The van der Waals surface area contributed by atoms with Gasteiger partial charge in [-0.05, 0) is 49.2 Å². The molecular formula is C19H23NO7S. The SMILES string of the molecule is CC[C@H](NC(=O)c1ccc(-c2ccc(OCCCS(C)(=O)=O)cc2)o1)C(=O)O. The molecule has 0 spiro atoms. The molecule has 0 bridgehead atoms. The molecule has 0 unspecified atom stereocenters. The highest BCUT2D eigenvalue weighted by Crippen LogP contribution is 2.24. The summed E-state index contributed by atoms with van der Waals surface area (Å²) in [6.07, 6.45) is 1.86. The smallest absolute Gasteiger partial charge is 0.326 e. The van der Waals surface area contributed by atoms with Crippen LogP contribution >= 0.6 is 0 Å². The summed E-state index contributed by atoms with van der Waals surface area (Å²) in [5, 5.41) is 11.4. The maximum absolute atomic E-state index is 12.1. The number of carbonyl (C=O) groups is 2. The van der Waals surface area contributed by atoms with Crippen LogP contribution in [0.2, 0.25) is 0 Å². The highest BCUT2D eigenvalue weighted by molar-refractivity contribution is 7.90. The molecule has 0 saturated heterocycles. The predicted octanol–water partition coefficient (Wildman–Crippen LogP) is 2.35. The van der Waals surface area contributed by atoms with Crippen molar-refractivity contribution in [1.29, 1.82) is 0 Å². The lowest BCUT2D eigenvalue weighted by atomic mass is 10.2. The second-order valence-electron chi connectivity index (χ2n) is 6.29. The fourth-order valence-corrected chi connectivity index (χ4v) is 3.05. The van der Waals surface area contributed by atoms with Crippen molar-refractivity contribution < 1.29 is 32.3 Å². The quantitative estimate of drug-likeness (QED) is 0.577. The molecule has 1 amide bonds. The van der Waals surface area contributed by atoms with Crippen LogP contribution in [0, 0.1) is 0 Å². The predicted molar refractivity (Wildman–Crippen MR) is 103 cm³/mol. The van der Waals surface area contributed by atoms with Crippen LogP contribution in [-0.4, -0.2) is 50.1 Å². The van der Waals surface area contributed by atoms with Crippen molar-refractivity contribution in [3.05, 3.63) is 42.2 Å². The average Bonchev–Trinajstić information content (AvgIpc) is 3.13. The number of ether oxygens (including phenoxy) is 1. The van der Waals surface area contributed by atoms with E-state index in [-0.39, 0.29) is 17.9 Å². The minimum Gasteiger partial charge on any atom is -0.494 e. The van der Waals surface area contributed by atoms with Crippen LogP contribution in [0.1, 0.15) is 30.3 Å². The largest absolute Gasteiger partial charge is 0.494 e. The molecule has 9 heteroatoms. The fourth-order valence-electron chi connectivity index (χ4n) is 2.41. The third-order valence-corrected chi connectivity index (χ3v) is 4.94. The zero-order valence-electron chi connectivity index (χ0n) is 15.7. The van der Waals surface area contributed by atoms with E-state index in [9.17, 15) is 18.0 Å². The number of furan rings is 1. The number of nitrogens with one attached hydrogen (secondary N) is 1. The summed E-state index contributed by atoms with van der Waals surface area (Å²) >= 11 is 0. The van der Waals surface area contributed by atoms with E-state index in [2.05, 4.69) is 5.32 Å². The lowest BCUT2D eigenvalue weighted by Crippen LogP contribution is -2.40. The van der Waals surface area contributed by atoms with Gasteiger partial charge in [-0.3, -0.25) is 4.79 Å². The molecule has 0 aliphatic heterocycles. The molecule has 1 aromatic heterocycles. The first-order valence-electron chi connectivity index (χ1n) is 8.74. The first kappa shape index (κ1) is 21.5. The monoisotopic (exact) mass is 409 g/mol. The summed E-state index contributed by atoms with van der Waals surface area (Å²) in [4.78, 5) is 23.1. The normalized spacial score (nSPS) is 12.4. The number of hydrogen-bond acceptors (Lipinski definition) is 6. The van der Waals surface area contributed by atoms with Gasteiger partial charge in [0, 0.05) is 11.8 Å². The van der Waals surface area contributed by atoms with Gasteiger partial charge in [0.25, 0.3) is 5.91 Å². The van der Waals surface area contributed by atoms with Crippen LogP contribution in [-0.2, 0) is 14.6 Å². The van der Waals surface area contributed by atoms with Gasteiger partial charge in [-0.15, -0.1) is 0 Å². The Morgan fingerprint density at radius 2 is 1.86 bits per heavy atom. The van der Waals surface area contributed by atoms with Crippen LogP contribution in [0.3, 0.4) is 0 Å². The zero-order valence-corrected chi connectivity index (χ0v) is 16.5. The number of hydrogen-bond donors (Lipinski definition) is 2. The lowest BCUT2D eigenvalue weighted by Gasteiger charge is -2.10. The van der Waals surface area contributed by atoms with Gasteiger partial charge in [0.2, 0.25) is 0 Å². The Bertz CT molecular complexity index is 916. The second-order valence-corrected chi connectivity index (χ2v) is 8.55. The molecule has 1 atom stereocenters. The van der Waals surface area contributed by atoms with E-state index in [0.29, 0.717) is 30.1 Å². The van der Waals surface area contributed by atoms with Crippen LogP contribution < -0.4 is 10.1 Å². The number of carbonyl (C=O) groups excluding carboxylic acids is 1. The zero-order chi connectivity index (χ0) is 20.7. The molecule has 1 heterocycles. The first-order valence-corrected chi connectivity index (χ1v) is 10.8. The Hall–Kier alpha value is -2.81. The molecule has 28 heavy (non-hydrogen) atoms. The Balaban J connectivity index is 1.95. The van der Waals surface area contributed by atoms with Crippen LogP contribution in [0.4, 0.5) is 0 Å². The highest BCUT2D eigenvalue weighted by Gasteiger charge is 2.20.